The smallest absolute Gasteiger partial charge is 0.407 e. The maximum absolute atomic E-state index is 14.9. The molecule has 0 saturated carbocycles. The van der Waals surface area contributed by atoms with Crippen molar-refractivity contribution in [1.29, 1.82) is 0 Å². The van der Waals surface area contributed by atoms with Crippen LogP contribution in [0.5, 0.6) is 0 Å². The number of Topliss-reactive ketones (excluding diaryl/α,β-unsaturated/α-hetero) is 1. The topological polar surface area (TPSA) is 141 Å². The van der Waals surface area contributed by atoms with Gasteiger partial charge in [-0.15, -0.1) is 0 Å². The predicted octanol–water partition coefficient (Wildman–Crippen LogP) is 4.19. The summed E-state index contributed by atoms with van der Waals surface area (Å²) in [5.41, 5.74) is 5.18. The Balaban J connectivity index is 1.39. The van der Waals surface area contributed by atoms with Gasteiger partial charge in [-0.3, -0.25) is 14.6 Å². The van der Waals surface area contributed by atoms with Crippen molar-refractivity contribution >= 4 is 46.6 Å². The Morgan fingerprint density at radius 1 is 1.17 bits per heavy atom. The average Bonchev–Trinajstić information content (AvgIpc) is 3.33. The number of esters is 1. The number of hydrogen-bond donors (Lipinski definition) is 2. The van der Waals surface area contributed by atoms with Crippen LogP contribution in [0.4, 0.5) is 19.3 Å². The monoisotopic (exact) mass is 590 g/mol. The third-order valence-corrected chi connectivity index (χ3v) is 6.93. The van der Waals surface area contributed by atoms with Crippen molar-refractivity contribution in [3.05, 3.63) is 63.9 Å². The van der Waals surface area contributed by atoms with E-state index in [4.69, 9.17) is 26.8 Å². The summed E-state index contributed by atoms with van der Waals surface area (Å²) >= 11 is 5.90. The minimum absolute atomic E-state index is 0.0576. The number of ether oxygens (including phenoxy) is 2. The largest absolute Gasteiger partial charge is 0.456 e. The van der Waals surface area contributed by atoms with Gasteiger partial charge in [0.2, 0.25) is 11.7 Å². The summed E-state index contributed by atoms with van der Waals surface area (Å²) in [6.45, 7) is 3.91. The van der Waals surface area contributed by atoms with Crippen LogP contribution in [0, 0.1) is 11.6 Å². The fraction of sp³-hybridized carbons (Fsp3) is 0.393. The molecule has 3 N–H and O–H groups in total. The van der Waals surface area contributed by atoms with Gasteiger partial charge in [0, 0.05) is 29.6 Å². The standard InChI is InChI=1S/C28H29ClF2N4O6/c1-28(2,3)41-27(39)34-12-19-24(30)16(8-9-33-19)21(36)13-40-26(38)20-7-4-15-10-14(11-22(37)35(15)20)23-18(32)6-5-17(29)25(23)31/h5-6,8-9,11,15,20H,4,7,10,12-13,32H2,1-3H3,(H,34,39)/t15?,20-/m0/s1. The van der Waals surface area contributed by atoms with Gasteiger partial charge in [-0.1, -0.05) is 11.6 Å². The number of nitrogens with zero attached hydrogens (tertiary/aromatic N) is 2. The third-order valence-electron chi connectivity index (χ3n) is 6.64. The number of carbonyl (C=O) groups is 4. The molecule has 4 rings (SSSR count). The Morgan fingerprint density at radius 3 is 2.61 bits per heavy atom. The molecule has 13 heteroatoms. The van der Waals surface area contributed by atoms with Crippen molar-refractivity contribution in [2.75, 3.05) is 12.3 Å². The number of rotatable bonds is 7. The zero-order valence-electron chi connectivity index (χ0n) is 22.6. The number of hydrogen-bond acceptors (Lipinski definition) is 8. The molecule has 2 aliphatic rings. The van der Waals surface area contributed by atoms with Gasteiger partial charge in [-0.05, 0) is 63.8 Å². The van der Waals surface area contributed by atoms with E-state index in [0.717, 1.165) is 6.07 Å². The number of nitrogens with one attached hydrogen (secondary N) is 1. The number of pyridine rings is 1. The number of benzene rings is 1. The molecular weight excluding hydrogens is 562 g/mol. The summed E-state index contributed by atoms with van der Waals surface area (Å²) in [7, 11) is 0. The lowest BCUT2D eigenvalue weighted by Gasteiger charge is -2.33. The van der Waals surface area contributed by atoms with Crippen LogP contribution in [-0.2, 0) is 25.6 Å². The van der Waals surface area contributed by atoms with Crippen molar-refractivity contribution in [2.24, 2.45) is 0 Å². The first-order valence-electron chi connectivity index (χ1n) is 12.8. The number of nitrogen functional groups attached to an aromatic ring is 1. The first-order valence-corrected chi connectivity index (χ1v) is 13.2. The summed E-state index contributed by atoms with van der Waals surface area (Å²) in [5, 5.41) is 2.24. The third kappa shape index (κ3) is 6.64. The molecule has 2 atom stereocenters. The molecule has 1 unspecified atom stereocenters. The number of aromatic nitrogens is 1. The molecule has 218 valence electrons. The maximum Gasteiger partial charge on any atom is 0.407 e. The molecule has 2 aliphatic heterocycles. The predicted molar refractivity (Wildman–Crippen MR) is 145 cm³/mol. The second-order valence-corrected chi connectivity index (χ2v) is 11.1. The van der Waals surface area contributed by atoms with Crippen LogP contribution in [-0.4, -0.2) is 57.9 Å². The molecule has 0 radical (unpaired) electrons. The van der Waals surface area contributed by atoms with Crippen molar-refractivity contribution < 1.29 is 37.4 Å². The number of ketones is 1. The van der Waals surface area contributed by atoms with Crippen molar-refractivity contribution in [1.82, 2.24) is 15.2 Å². The molecule has 0 spiro atoms. The highest BCUT2D eigenvalue weighted by atomic mass is 35.5. The van der Waals surface area contributed by atoms with E-state index < -0.39 is 59.7 Å². The van der Waals surface area contributed by atoms with Gasteiger partial charge < -0.3 is 25.4 Å². The molecule has 1 aromatic heterocycles. The molecule has 2 aromatic rings. The van der Waals surface area contributed by atoms with E-state index >= 15 is 0 Å². The number of halogens is 3. The second-order valence-electron chi connectivity index (χ2n) is 10.7. The zero-order valence-corrected chi connectivity index (χ0v) is 23.4. The van der Waals surface area contributed by atoms with E-state index in [-0.39, 0.29) is 46.9 Å². The van der Waals surface area contributed by atoms with Gasteiger partial charge in [0.25, 0.3) is 0 Å². The van der Waals surface area contributed by atoms with Crippen LogP contribution >= 0.6 is 11.6 Å². The molecule has 41 heavy (non-hydrogen) atoms. The lowest BCUT2D eigenvalue weighted by atomic mass is 9.92. The normalized spacial score (nSPS) is 18.4. The van der Waals surface area contributed by atoms with Gasteiger partial charge in [0.05, 0.1) is 22.8 Å². The van der Waals surface area contributed by atoms with Crippen molar-refractivity contribution in [2.45, 2.75) is 64.3 Å². The highest BCUT2D eigenvalue weighted by Crippen LogP contribution is 2.40. The minimum Gasteiger partial charge on any atom is -0.456 e. The number of fused-ring (bicyclic) bond motifs is 1. The molecule has 1 saturated heterocycles. The van der Waals surface area contributed by atoms with Crippen LogP contribution in [0.25, 0.3) is 5.57 Å². The quantitative estimate of drug-likeness (QED) is 0.278. The van der Waals surface area contributed by atoms with Crippen molar-refractivity contribution in [3.63, 3.8) is 0 Å². The van der Waals surface area contributed by atoms with Crippen LogP contribution in [0.3, 0.4) is 0 Å². The first kappa shape index (κ1) is 29.9. The molecule has 2 amide bonds. The lowest BCUT2D eigenvalue weighted by molar-refractivity contribution is -0.152. The Labute approximate surface area is 239 Å². The zero-order chi connectivity index (χ0) is 30.1. The highest BCUT2D eigenvalue weighted by Gasteiger charge is 2.44. The van der Waals surface area contributed by atoms with Gasteiger partial charge >= 0.3 is 12.1 Å². The first-order chi connectivity index (χ1) is 19.3. The van der Waals surface area contributed by atoms with E-state index in [9.17, 15) is 28.0 Å². The second kappa shape index (κ2) is 11.8. The van der Waals surface area contributed by atoms with Crippen LogP contribution in [0.2, 0.25) is 5.02 Å². The Hall–Kier alpha value is -4.06. The SMILES string of the molecule is CC(C)(C)OC(=O)NCc1nccc(C(=O)COC(=O)[C@@H]2CCC3CC(c4c(N)ccc(Cl)c4F)=CC(=O)N32)c1F. The number of anilines is 1. The van der Waals surface area contributed by atoms with Gasteiger partial charge in [-0.2, -0.15) is 0 Å². The molecule has 1 fully saturated rings. The van der Waals surface area contributed by atoms with E-state index in [1.807, 2.05) is 0 Å². The maximum atomic E-state index is 14.9. The van der Waals surface area contributed by atoms with E-state index in [2.05, 4.69) is 10.3 Å². The minimum atomic E-state index is -0.970. The molecule has 0 bridgehead atoms. The van der Waals surface area contributed by atoms with Gasteiger partial charge in [0.15, 0.2) is 18.2 Å². The number of alkyl carbamates (subject to hydrolysis) is 1. The highest BCUT2D eigenvalue weighted by molar-refractivity contribution is 6.31. The summed E-state index contributed by atoms with van der Waals surface area (Å²) in [6, 6.07) is 2.54. The number of nitrogens with two attached hydrogens (primary N) is 1. The summed E-state index contributed by atoms with van der Waals surface area (Å²) < 4.78 is 39.9. The fourth-order valence-corrected chi connectivity index (χ4v) is 5.01. The van der Waals surface area contributed by atoms with Crippen LogP contribution in [0.15, 0.2) is 30.5 Å². The fourth-order valence-electron chi connectivity index (χ4n) is 4.86. The summed E-state index contributed by atoms with van der Waals surface area (Å²) in [4.78, 5) is 55.6. The Kier molecular flexibility index (Phi) is 8.62. The van der Waals surface area contributed by atoms with E-state index in [1.54, 1.807) is 20.8 Å². The Morgan fingerprint density at radius 2 is 1.90 bits per heavy atom. The molecular formula is C28H29ClF2N4O6. The van der Waals surface area contributed by atoms with E-state index in [1.165, 1.54) is 29.3 Å². The molecule has 1 aromatic carbocycles. The van der Waals surface area contributed by atoms with Crippen LogP contribution < -0.4 is 11.1 Å². The van der Waals surface area contributed by atoms with E-state index in [0.29, 0.717) is 12.0 Å². The summed E-state index contributed by atoms with van der Waals surface area (Å²) in [6.07, 6.45) is 2.58. The summed E-state index contributed by atoms with van der Waals surface area (Å²) in [5.74, 6) is -3.87. The lowest BCUT2D eigenvalue weighted by Crippen LogP contribution is -2.47. The average molecular weight is 591 g/mol. The van der Waals surface area contributed by atoms with Gasteiger partial charge in [-0.25, -0.2) is 18.4 Å². The van der Waals surface area contributed by atoms with Gasteiger partial charge in [0.1, 0.15) is 11.6 Å². The number of carbonyl (C=O) groups excluding carboxylic acids is 4. The molecule has 0 aliphatic carbocycles. The molecule has 3 heterocycles. The van der Waals surface area contributed by atoms with Crippen LogP contribution in [0.1, 0.15) is 61.6 Å². The Bertz CT molecular complexity index is 1440. The van der Waals surface area contributed by atoms with Crippen molar-refractivity contribution in [3.8, 4) is 0 Å². The molecule has 10 nitrogen and oxygen atoms in total. The number of amides is 2.